The third-order valence-electron chi connectivity index (χ3n) is 3.81. The minimum atomic E-state index is -0.431. The molecule has 2 N–H and O–H groups in total. The zero-order chi connectivity index (χ0) is 17.5. The van der Waals surface area contributed by atoms with Crippen molar-refractivity contribution in [3.05, 3.63) is 102 Å². The maximum atomic E-state index is 12.7. The Bertz CT molecular complexity index is 805. The predicted molar refractivity (Wildman–Crippen MR) is 98.6 cm³/mol. The molecule has 0 aliphatic rings. The van der Waals surface area contributed by atoms with Crippen LogP contribution in [0.15, 0.2) is 90.0 Å². The van der Waals surface area contributed by atoms with Gasteiger partial charge < -0.3 is 5.11 Å². The third-order valence-corrected chi connectivity index (χ3v) is 3.81. The molecule has 0 radical (unpaired) electrons. The Morgan fingerprint density at radius 3 is 1.88 bits per heavy atom. The van der Waals surface area contributed by atoms with E-state index in [1.807, 2.05) is 60.7 Å². The van der Waals surface area contributed by atoms with E-state index in [9.17, 15) is 9.90 Å². The van der Waals surface area contributed by atoms with E-state index >= 15 is 0 Å². The Labute approximate surface area is 146 Å². The van der Waals surface area contributed by atoms with Gasteiger partial charge in [0.15, 0.2) is 0 Å². The van der Waals surface area contributed by atoms with Gasteiger partial charge in [0.2, 0.25) is 0 Å². The highest BCUT2D eigenvalue weighted by atomic mass is 16.3. The summed E-state index contributed by atoms with van der Waals surface area (Å²) in [5.41, 5.74) is 5.21. The van der Waals surface area contributed by atoms with E-state index in [0.717, 1.165) is 16.7 Å². The van der Waals surface area contributed by atoms with Crippen molar-refractivity contribution in [1.29, 1.82) is 0 Å². The second kappa shape index (κ2) is 7.93. The van der Waals surface area contributed by atoms with Crippen LogP contribution in [0, 0.1) is 0 Å². The van der Waals surface area contributed by atoms with Crippen molar-refractivity contribution in [2.24, 2.45) is 5.10 Å². The molecule has 3 rings (SSSR count). The number of phenols is 1. The normalized spacial score (nSPS) is 10.9. The molecule has 3 aromatic carbocycles. The number of phenolic OH excluding ortho intramolecular Hbond substituents is 1. The zero-order valence-electron chi connectivity index (χ0n) is 13.5. The quantitative estimate of drug-likeness (QED) is 0.554. The third kappa shape index (κ3) is 4.32. The Balaban J connectivity index is 1.79. The van der Waals surface area contributed by atoms with Crippen molar-refractivity contribution in [3.8, 4) is 5.75 Å². The Hall–Kier alpha value is -3.40. The number of carbonyl (C=O) groups is 1. The maximum absolute atomic E-state index is 12.7. The molecule has 0 spiro atoms. The summed E-state index contributed by atoms with van der Waals surface area (Å²) in [5, 5.41) is 13.3. The van der Waals surface area contributed by atoms with E-state index in [0.29, 0.717) is 0 Å². The first-order valence-corrected chi connectivity index (χ1v) is 7.96. The number of nitrogens with zero attached hydrogens (tertiary/aromatic N) is 1. The summed E-state index contributed by atoms with van der Waals surface area (Å²) in [5.74, 6) is -0.443. The van der Waals surface area contributed by atoms with Crippen LogP contribution in [-0.2, 0) is 4.79 Å². The Morgan fingerprint density at radius 2 is 1.36 bits per heavy atom. The minimum absolute atomic E-state index is 0.189. The first-order valence-electron chi connectivity index (χ1n) is 7.96. The van der Waals surface area contributed by atoms with Crippen LogP contribution in [0.2, 0.25) is 0 Å². The average Bonchev–Trinajstić information content (AvgIpc) is 2.65. The maximum Gasteiger partial charge on any atom is 0.252 e. The van der Waals surface area contributed by atoms with E-state index in [1.165, 1.54) is 0 Å². The van der Waals surface area contributed by atoms with Gasteiger partial charge in [-0.2, -0.15) is 5.10 Å². The summed E-state index contributed by atoms with van der Waals surface area (Å²) >= 11 is 0. The van der Waals surface area contributed by atoms with Crippen LogP contribution >= 0.6 is 0 Å². The number of hydrogen-bond acceptors (Lipinski definition) is 3. The highest BCUT2D eigenvalue weighted by Crippen LogP contribution is 2.24. The van der Waals surface area contributed by atoms with E-state index < -0.39 is 5.92 Å². The molecule has 0 fully saturated rings. The van der Waals surface area contributed by atoms with Crippen LogP contribution in [0.1, 0.15) is 22.6 Å². The fraction of sp³-hybridized carbons (Fsp3) is 0.0476. The number of hydrazone groups is 1. The molecule has 0 aliphatic heterocycles. The van der Waals surface area contributed by atoms with Crippen molar-refractivity contribution in [3.63, 3.8) is 0 Å². The van der Waals surface area contributed by atoms with Gasteiger partial charge in [0.1, 0.15) is 5.75 Å². The smallest absolute Gasteiger partial charge is 0.252 e. The van der Waals surface area contributed by atoms with Crippen LogP contribution in [0.25, 0.3) is 0 Å². The first-order chi connectivity index (χ1) is 12.2. The molecule has 0 bridgehead atoms. The number of hydrogen-bond donors (Lipinski definition) is 2. The van der Waals surface area contributed by atoms with Gasteiger partial charge >= 0.3 is 0 Å². The Morgan fingerprint density at radius 1 is 0.840 bits per heavy atom. The molecule has 0 aliphatic carbocycles. The van der Waals surface area contributed by atoms with Gasteiger partial charge in [-0.15, -0.1) is 0 Å². The molecule has 124 valence electrons. The number of amides is 1. The summed E-state index contributed by atoms with van der Waals surface area (Å²) < 4.78 is 0. The second-order valence-electron chi connectivity index (χ2n) is 5.58. The fourth-order valence-corrected chi connectivity index (χ4v) is 2.58. The van der Waals surface area contributed by atoms with Crippen molar-refractivity contribution in [2.45, 2.75) is 5.92 Å². The number of benzene rings is 3. The molecule has 0 saturated carbocycles. The molecule has 0 aromatic heterocycles. The highest BCUT2D eigenvalue weighted by molar-refractivity contribution is 5.88. The molecule has 0 unspecified atom stereocenters. The number of aromatic hydroxyl groups is 1. The van der Waals surface area contributed by atoms with Crippen molar-refractivity contribution in [1.82, 2.24) is 5.43 Å². The van der Waals surface area contributed by atoms with Gasteiger partial charge in [0.25, 0.3) is 5.91 Å². The molecule has 3 aromatic rings. The van der Waals surface area contributed by atoms with Gasteiger partial charge in [-0.3, -0.25) is 4.79 Å². The first kappa shape index (κ1) is 16.5. The molecule has 25 heavy (non-hydrogen) atoms. The van der Waals surface area contributed by atoms with E-state index in [-0.39, 0.29) is 11.7 Å². The van der Waals surface area contributed by atoms with Crippen molar-refractivity contribution in [2.75, 3.05) is 0 Å². The largest absolute Gasteiger partial charge is 0.508 e. The highest BCUT2D eigenvalue weighted by Gasteiger charge is 2.22. The monoisotopic (exact) mass is 330 g/mol. The fourth-order valence-electron chi connectivity index (χ4n) is 2.58. The van der Waals surface area contributed by atoms with Crippen molar-refractivity contribution < 1.29 is 9.90 Å². The lowest BCUT2D eigenvalue weighted by Crippen LogP contribution is -2.26. The lowest BCUT2D eigenvalue weighted by molar-refractivity contribution is -0.121. The molecular formula is C21H18N2O2. The van der Waals surface area contributed by atoms with Crippen LogP contribution in [0.5, 0.6) is 5.75 Å². The van der Waals surface area contributed by atoms with E-state index in [4.69, 9.17) is 0 Å². The lowest BCUT2D eigenvalue weighted by atomic mass is 9.91. The van der Waals surface area contributed by atoms with Crippen molar-refractivity contribution >= 4 is 12.1 Å². The molecule has 1 amide bonds. The molecule has 4 heteroatoms. The van der Waals surface area contributed by atoms with Gasteiger partial charge in [-0.25, -0.2) is 5.43 Å². The SMILES string of the molecule is O=C(N/N=C\c1ccc(O)cc1)C(c1ccccc1)c1ccccc1. The number of rotatable bonds is 5. The summed E-state index contributed by atoms with van der Waals surface area (Å²) in [6.45, 7) is 0. The van der Waals surface area contributed by atoms with Crippen LogP contribution in [0.4, 0.5) is 0 Å². The summed E-state index contributed by atoms with van der Waals surface area (Å²) in [7, 11) is 0. The second-order valence-corrected chi connectivity index (χ2v) is 5.58. The molecule has 4 nitrogen and oxygen atoms in total. The average molecular weight is 330 g/mol. The lowest BCUT2D eigenvalue weighted by Gasteiger charge is -2.16. The number of nitrogens with one attached hydrogen (secondary N) is 1. The molecule has 0 saturated heterocycles. The van der Waals surface area contributed by atoms with Crippen LogP contribution in [-0.4, -0.2) is 17.2 Å². The number of carbonyl (C=O) groups excluding carboxylic acids is 1. The van der Waals surface area contributed by atoms with E-state index in [1.54, 1.807) is 30.5 Å². The van der Waals surface area contributed by atoms with Crippen LogP contribution < -0.4 is 5.43 Å². The standard InChI is InChI=1S/C21H18N2O2/c24-19-13-11-16(12-14-19)15-22-23-21(25)20(17-7-3-1-4-8-17)18-9-5-2-6-10-18/h1-15,20,24H,(H,23,25)/b22-15-. The van der Waals surface area contributed by atoms with Gasteiger partial charge in [0, 0.05) is 0 Å². The Kier molecular flexibility index (Phi) is 5.22. The summed E-state index contributed by atoms with van der Waals surface area (Å²) in [6, 6.07) is 25.8. The molecule has 0 heterocycles. The summed E-state index contributed by atoms with van der Waals surface area (Å²) in [6.07, 6.45) is 1.55. The molecular weight excluding hydrogens is 312 g/mol. The predicted octanol–water partition coefficient (Wildman–Crippen LogP) is 3.67. The van der Waals surface area contributed by atoms with Crippen LogP contribution in [0.3, 0.4) is 0 Å². The van der Waals surface area contributed by atoms with Gasteiger partial charge in [-0.1, -0.05) is 60.7 Å². The van der Waals surface area contributed by atoms with Gasteiger partial charge in [0.05, 0.1) is 12.1 Å². The zero-order valence-corrected chi connectivity index (χ0v) is 13.5. The minimum Gasteiger partial charge on any atom is -0.508 e. The van der Waals surface area contributed by atoms with E-state index in [2.05, 4.69) is 10.5 Å². The topological polar surface area (TPSA) is 61.7 Å². The molecule has 0 atom stereocenters. The van der Waals surface area contributed by atoms with Gasteiger partial charge in [-0.05, 0) is 41.0 Å². The summed E-state index contributed by atoms with van der Waals surface area (Å²) in [4.78, 5) is 12.7.